The molecule has 1 aliphatic rings. The van der Waals surface area contributed by atoms with Crippen molar-refractivity contribution in [2.75, 3.05) is 20.2 Å². The molecule has 4 rings (SSSR count). The molecular formula is C21H24N4O3. The Hall–Kier alpha value is -2.93. The molecule has 0 bridgehead atoms. The smallest absolute Gasteiger partial charge is 0.325 e. The first-order valence-corrected chi connectivity index (χ1v) is 9.52. The van der Waals surface area contributed by atoms with Crippen LogP contribution < -0.4 is 4.74 Å². The second kappa shape index (κ2) is 7.98. The third-order valence-corrected chi connectivity index (χ3v) is 5.23. The molecule has 1 atom stereocenters. The number of para-hydroxylation sites is 1. The van der Waals surface area contributed by atoms with Crippen molar-refractivity contribution < 1.29 is 14.6 Å². The van der Waals surface area contributed by atoms with Crippen LogP contribution in [0.25, 0.3) is 10.9 Å². The predicted molar refractivity (Wildman–Crippen MR) is 105 cm³/mol. The maximum absolute atomic E-state index is 10.9. The highest BCUT2D eigenvalue weighted by Gasteiger charge is 2.23. The number of likely N-dealkylation sites (tertiary alicyclic amines) is 1. The van der Waals surface area contributed by atoms with Gasteiger partial charge >= 0.3 is 5.97 Å². The summed E-state index contributed by atoms with van der Waals surface area (Å²) in [5.74, 6) is 0.233. The summed E-state index contributed by atoms with van der Waals surface area (Å²) in [5.41, 5.74) is 2.89. The molecule has 1 aliphatic heterocycles. The van der Waals surface area contributed by atoms with Gasteiger partial charge in [-0.1, -0.05) is 18.2 Å². The zero-order valence-electron chi connectivity index (χ0n) is 15.9. The molecule has 3 heterocycles. The van der Waals surface area contributed by atoms with Crippen LogP contribution in [0.5, 0.6) is 5.75 Å². The Morgan fingerprint density at radius 2 is 2.18 bits per heavy atom. The van der Waals surface area contributed by atoms with Crippen molar-refractivity contribution in [3.05, 3.63) is 54.0 Å². The molecule has 1 saturated heterocycles. The molecule has 1 fully saturated rings. The second-order valence-electron chi connectivity index (χ2n) is 7.24. The monoisotopic (exact) mass is 380 g/mol. The van der Waals surface area contributed by atoms with Crippen molar-refractivity contribution in [2.45, 2.75) is 31.8 Å². The van der Waals surface area contributed by atoms with Gasteiger partial charge in [-0.2, -0.15) is 5.10 Å². The number of aromatic nitrogens is 3. The van der Waals surface area contributed by atoms with E-state index in [0.29, 0.717) is 5.92 Å². The molecule has 2 aromatic heterocycles. The van der Waals surface area contributed by atoms with Crippen LogP contribution in [-0.2, 0) is 17.9 Å². The number of piperidine rings is 1. The number of fused-ring (bicyclic) bond motifs is 1. The summed E-state index contributed by atoms with van der Waals surface area (Å²) >= 11 is 0. The molecule has 1 aromatic carbocycles. The lowest BCUT2D eigenvalue weighted by Gasteiger charge is -2.31. The third-order valence-electron chi connectivity index (χ3n) is 5.23. The first-order chi connectivity index (χ1) is 13.6. The van der Waals surface area contributed by atoms with Crippen molar-refractivity contribution in [1.82, 2.24) is 19.7 Å². The Morgan fingerprint density at radius 3 is 3.00 bits per heavy atom. The summed E-state index contributed by atoms with van der Waals surface area (Å²) in [6.45, 7) is 2.60. The molecule has 0 spiro atoms. The molecule has 7 heteroatoms. The summed E-state index contributed by atoms with van der Waals surface area (Å²) in [6, 6.07) is 12.1. The fourth-order valence-corrected chi connectivity index (χ4v) is 3.90. The van der Waals surface area contributed by atoms with Crippen molar-refractivity contribution in [3.63, 3.8) is 0 Å². The van der Waals surface area contributed by atoms with Crippen LogP contribution in [-0.4, -0.2) is 50.9 Å². The largest absolute Gasteiger partial charge is 0.494 e. The van der Waals surface area contributed by atoms with Crippen LogP contribution in [0.15, 0.2) is 42.6 Å². The lowest BCUT2D eigenvalue weighted by Crippen LogP contribution is -2.34. The Morgan fingerprint density at radius 1 is 1.29 bits per heavy atom. The van der Waals surface area contributed by atoms with Crippen LogP contribution in [0.1, 0.15) is 30.1 Å². The zero-order chi connectivity index (χ0) is 19.5. The minimum atomic E-state index is -0.877. The standard InChI is InChI=1S/C21H24N4O3/c1-28-19-6-2-4-15-7-8-17(22-21(15)19)13-24-10-3-5-16(12-24)18-9-11-25(23-18)14-20(26)27/h2,4,6-9,11,16H,3,5,10,12-14H2,1H3,(H,26,27). The lowest BCUT2D eigenvalue weighted by molar-refractivity contribution is -0.137. The number of carboxylic acid groups (broad SMARTS) is 1. The SMILES string of the molecule is COc1cccc2ccc(CN3CCCC(c4ccn(CC(=O)O)n4)C3)nc12. The Labute approximate surface area is 163 Å². The van der Waals surface area contributed by atoms with Crippen molar-refractivity contribution in [3.8, 4) is 5.75 Å². The number of hydrogen-bond acceptors (Lipinski definition) is 5. The van der Waals surface area contributed by atoms with E-state index in [1.54, 1.807) is 13.3 Å². The van der Waals surface area contributed by atoms with Gasteiger partial charge in [-0.15, -0.1) is 0 Å². The fourth-order valence-electron chi connectivity index (χ4n) is 3.90. The van der Waals surface area contributed by atoms with Gasteiger partial charge in [0.2, 0.25) is 0 Å². The number of rotatable bonds is 6. The van der Waals surface area contributed by atoms with E-state index in [9.17, 15) is 4.79 Å². The van der Waals surface area contributed by atoms with E-state index >= 15 is 0 Å². The highest BCUT2D eigenvalue weighted by molar-refractivity contribution is 5.84. The number of carboxylic acids is 1. The van der Waals surface area contributed by atoms with E-state index in [0.717, 1.165) is 60.5 Å². The maximum atomic E-state index is 10.9. The number of nitrogens with zero attached hydrogens (tertiary/aromatic N) is 4. The predicted octanol–water partition coefficient (Wildman–Crippen LogP) is 2.90. The second-order valence-corrected chi connectivity index (χ2v) is 7.24. The normalized spacial score (nSPS) is 17.7. The van der Waals surface area contributed by atoms with Gasteiger partial charge < -0.3 is 9.84 Å². The van der Waals surface area contributed by atoms with E-state index in [4.69, 9.17) is 14.8 Å². The highest BCUT2D eigenvalue weighted by Crippen LogP contribution is 2.28. The summed E-state index contributed by atoms with van der Waals surface area (Å²) in [7, 11) is 1.67. The minimum absolute atomic E-state index is 0.0979. The van der Waals surface area contributed by atoms with Crippen LogP contribution in [0.4, 0.5) is 0 Å². The Bertz CT molecular complexity index is 985. The van der Waals surface area contributed by atoms with Crippen LogP contribution in [0.3, 0.4) is 0 Å². The van der Waals surface area contributed by atoms with Crippen molar-refractivity contribution in [1.29, 1.82) is 0 Å². The minimum Gasteiger partial charge on any atom is -0.494 e. The summed E-state index contributed by atoms with van der Waals surface area (Å²) in [6.07, 6.45) is 3.91. The number of pyridine rings is 1. The molecule has 0 radical (unpaired) electrons. The molecule has 1 N–H and O–H groups in total. The van der Waals surface area contributed by atoms with Gasteiger partial charge in [-0.25, -0.2) is 4.98 Å². The van der Waals surface area contributed by atoms with Gasteiger partial charge in [0.1, 0.15) is 17.8 Å². The lowest BCUT2D eigenvalue weighted by atomic mass is 9.95. The average Bonchev–Trinajstić information content (AvgIpc) is 3.15. The van der Waals surface area contributed by atoms with E-state index < -0.39 is 5.97 Å². The molecule has 0 saturated carbocycles. The molecule has 7 nitrogen and oxygen atoms in total. The molecular weight excluding hydrogens is 356 g/mol. The van der Waals surface area contributed by atoms with Crippen LogP contribution >= 0.6 is 0 Å². The molecule has 0 aliphatic carbocycles. The number of carbonyl (C=O) groups is 1. The fraction of sp³-hybridized carbons (Fsp3) is 0.381. The molecule has 0 amide bonds. The van der Waals surface area contributed by atoms with Gasteiger partial charge in [0.25, 0.3) is 0 Å². The topological polar surface area (TPSA) is 80.5 Å². The summed E-state index contributed by atoms with van der Waals surface area (Å²) in [5, 5.41) is 14.4. The van der Waals surface area contributed by atoms with E-state index in [1.165, 1.54) is 4.68 Å². The van der Waals surface area contributed by atoms with Gasteiger partial charge in [0.15, 0.2) is 0 Å². The quantitative estimate of drug-likeness (QED) is 0.708. The molecule has 1 unspecified atom stereocenters. The van der Waals surface area contributed by atoms with Gasteiger partial charge in [-0.3, -0.25) is 14.4 Å². The van der Waals surface area contributed by atoms with Crippen LogP contribution in [0, 0.1) is 0 Å². The Kier molecular flexibility index (Phi) is 5.25. The molecule has 3 aromatic rings. The van der Waals surface area contributed by atoms with Crippen molar-refractivity contribution in [2.24, 2.45) is 0 Å². The number of benzene rings is 1. The van der Waals surface area contributed by atoms with Gasteiger partial charge in [0.05, 0.1) is 18.5 Å². The van der Waals surface area contributed by atoms with E-state index in [1.807, 2.05) is 24.3 Å². The average molecular weight is 380 g/mol. The molecule has 28 heavy (non-hydrogen) atoms. The first kappa shape index (κ1) is 18.4. The van der Waals surface area contributed by atoms with Gasteiger partial charge in [0, 0.05) is 30.6 Å². The third kappa shape index (κ3) is 3.99. The first-order valence-electron chi connectivity index (χ1n) is 9.52. The summed E-state index contributed by atoms with van der Waals surface area (Å²) in [4.78, 5) is 18.1. The van der Waals surface area contributed by atoms with Crippen molar-refractivity contribution >= 4 is 16.9 Å². The van der Waals surface area contributed by atoms with E-state index in [2.05, 4.69) is 22.1 Å². The zero-order valence-corrected chi connectivity index (χ0v) is 15.9. The number of aliphatic carboxylic acids is 1. The highest BCUT2D eigenvalue weighted by atomic mass is 16.5. The van der Waals surface area contributed by atoms with Gasteiger partial charge in [-0.05, 0) is 37.6 Å². The van der Waals surface area contributed by atoms with E-state index in [-0.39, 0.29) is 6.54 Å². The van der Waals surface area contributed by atoms with Crippen LogP contribution in [0.2, 0.25) is 0 Å². The summed E-state index contributed by atoms with van der Waals surface area (Å²) < 4.78 is 6.94. The Balaban J connectivity index is 1.47. The number of hydrogen-bond donors (Lipinski definition) is 1. The maximum Gasteiger partial charge on any atom is 0.325 e. The molecule has 146 valence electrons. The number of methoxy groups -OCH3 is 1. The number of ether oxygens (including phenoxy) is 1.